The molecular weight excluding hydrogens is 222 g/mol. The van der Waals surface area contributed by atoms with Crippen LogP contribution < -0.4 is 5.73 Å². The normalized spacial score (nSPS) is 19.2. The van der Waals surface area contributed by atoms with E-state index in [2.05, 4.69) is 25.1 Å². The number of fused-ring (bicyclic) bond motifs is 1. The fourth-order valence-corrected chi connectivity index (χ4v) is 3.50. The fourth-order valence-electron chi connectivity index (χ4n) is 3.50. The molecule has 0 radical (unpaired) electrons. The lowest BCUT2D eigenvalue weighted by molar-refractivity contribution is 0.303. The summed E-state index contributed by atoms with van der Waals surface area (Å²) in [6.45, 7) is 2.87. The van der Waals surface area contributed by atoms with E-state index in [9.17, 15) is 0 Å². The molecule has 1 aliphatic carbocycles. The molecule has 1 aromatic heterocycles. The van der Waals surface area contributed by atoms with Crippen LogP contribution >= 0.6 is 0 Å². The highest BCUT2D eigenvalue weighted by atomic mass is 16.3. The first-order valence-electron chi connectivity index (χ1n) is 6.94. The molecule has 0 aliphatic heterocycles. The molecule has 0 saturated heterocycles. The van der Waals surface area contributed by atoms with Gasteiger partial charge in [-0.05, 0) is 37.0 Å². The summed E-state index contributed by atoms with van der Waals surface area (Å²) >= 11 is 0. The Morgan fingerprint density at radius 1 is 1.22 bits per heavy atom. The van der Waals surface area contributed by atoms with Gasteiger partial charge in [0.05, 0.1) is 6.26 Å². The van der Waals surface area contributed by atoms with Gasteiger partial charge < -0.3 is 10.2 Å². The van der Waals surface area contributed by atoms with Gasteiger partial charge in [0.15, 0.2) is 0 Å². The van der Waals surface area contributed by atoms with Crippen LogP contribution in [0, 0.1) is 6.92 Å². The van der Waals surface area contributed by atoms with Crippen molar-refractivity contribution in [1.82, 2.24) is 0 Å². The van der Waals surface area contributed by atoms with E-state index in [0.29, 0.717) is 0 Å². The van der Waals surface area contributed by atoms with E-state index in [1.54, 1.807) is 0 Å². The minimum atomic E-state index is 0.173. The second-order valence-corrected chi connectivity index (χ2v) is 5.64. The van der Waals surface area contributed by atoms with Gasteiger partial charge in [-0.15, -0.1) is 0 Å². The first kappa shape index (κ1) is 11.8. The molecule has 2 N–H and O–H groups in total. The molecule has 0 bridgehead atoms. The Morgan fingerprint density at radius 2 is 2.00 bits per heavy atom. The van der Waals surface area contributed by atoms with Crippen LogP contribution in [0.2, 0.25) is 0 Å². The van der Waals surface area contributed by atoms with Crippen molar-refractivity contribution in [2.24, 2.45) is 5.73 Å². The average molecular weight is 243 g/mol. The second-order valence-electron chi connectivity index (χ2n) is 5.64. The number of nitrogens with two attached hydrogens (primary N) is 1. The summed E-state index contributed by atoms with van der Waals surface area (Å²) in [5, 5.41) is 1.30. The number of hydrogen-bond acceptors (Lipinski definition) is 2. The maximum atomic E-state index is 6.15. The molecule has 2 aromatic rings. The van der Waals surface area contributed by atoms with Crippen molar-refractivity contribution in [3.05, 3.63) is 35.6 Å². The molecule has 96 valence electrons. The van der Waals surface area contributed by atoms with Gasteiger partial charge in [0.25, 0.3) is 0 Å². The molecule has 1 saturated carbocycles. The van der Waals surface area contributed by atoms with Crippen LogP contribution in [0.4, 0.5) is 0 Å². The minimum Gasteiger partial charge on any atom is -0.464 e. The van der Waals surface area contributed by atoms with E-state index >= 15 is 0 Å². The first-order valence-corrected chi connectivity index (χ1v) is 6.94. The number of rotatable bonds is 2. The number of aryl methyl sites for hydroxylation is 1. The topological polar surface area (TPSA) is 39.2 Å². The van der Waals surface area contributed by atoms with Crippen LogP contribution in [0.1, 0.15) is 43.2 Å². The smallest absolute Gasteiger partial charge is 0.134 e. The summed E-state index contributed by atoms with van der Waals surface area (Å²) < 4.78 is 5.63. The molecule has 0 amide bonds. The van der Waals surface area contributed by atoms with Gasteiger partial charge >= 0.3 is 0 Å². The molecule has 2 heteroatoms. The van der Waals surface area contributed by atoms with Gasteiger partial charge in [-0.3, -0.25) is 0 Å². The third-order valence-corrected chi connectivity index (χ3v) is 4.56. The molecule has 0 unspecified atom stereocenters. The van der Waals surface area contributed by atoms with Crippen LogP contribution in [-0.2, 0) is 5.41 Å². The van der Waals surface area contributed by atoms with E-state index in [4.69, 9.17) is 10.2 Å². The Morgan fingerprint density at radius 3 is 2.72 bits per heavy atom. The molecule has 0 atom stereocenters. The third kappa shape index (κ3) is 1.67. The zero-order chi connectivity index (χ0) is 12.6. The van der Waals surface area contributed by atoms with Crippen molar-refractivity contribution < 1.29 is 4.42 Å². The Hall–Kier alpha value is -1.28. The van der Waals surface area contributed by atoms with Crippen LogP contribution in [0.3, 0.4) is 0 Å². The molecule has 1 fully saturated rings. The van der Waals surface area contributed by atoms with E-state index < -0.39 is 0 Å². The van der Waals surface area contributed by atoms with Crippen molar-refractivity contribution in [2.75, 3.05) is 6.54 Å². The lowest BCUT2D eigenvalue weighted by Gasteiger charge is -2.37. The maximum Gasteiger partial charge on any atom is 0.134 e. The first-order chi connectivity index (χ1) is 8.77. The minimum absolute atomic E-state index is 0.173. The lowest BCUT2D eigenvalue weighted by Crippen LogP contribution is -2.37. The second kappa shape index (κ2) is 4.43. The SMILES string of the molecule is Cc1coc2cccc(C3(CN)CCCCC3)c12. The molecule has 2 nitrogen and oxygen atoms in total. The lowest BCUT2D eigenvalue weighted by atomic mass is 9.68. The Balaban J connectivity index is 2.20. The van der Waals surface area contributed by atoms with Crippen LogP contribution in [-0.4, -0.2) is 6.54 Å². The van der Waals surface area contributed by atoms with Crippen LogP contribution in [0.25, 0.3) is 11.0 Å². The molecule has 1 aliphatic rings. The number of hydrogen-bond donors (Lipinski definition) is 1. The van der Waals surface area contributed by atoms with Gasteiger partial charge in [0, 0.05) is 17.3 Å². The van der Waals surface area contributed by atoms with Gasteiger partial charge in [0.1, 0.15) is 5.58 Å². The summed E-state index contributed by atoms with van der Waals surface area (Å²) in [5.41, 5.74) is 9.97. The highest BCUT2D eigenvalue weighted by Crippen LogP contribution is 2.42. The van der Waals surface area contributed by atoms with Crippen LogP contribution in [0.15, 0.2) is 28.9 Å². The van der Waals surface area contributed by atoms with Gasteiger partial charge in [-0.2, -0.15) is 0 Å². The molecule has 0 spiro atoms. The molecule has 3 rings (SSSR count). The summed E-state index contributed by atoms with van der Waals surface area (Å²) in [6.07, 6.45) is 8.23. The predicted molar refractivity (Wildman–Crippen MR) is 74.8 cm³/mol. The van der Waals surface area contributed by atoms with Crippen molar-refractivity contribution in [3.63, 3.8) is 0 Å². The van der Waals surface area contributed by atoms with E-state index in [-0.39, 0.29) is 5.41 Å². The standard InChI is InChI=1S/C16H21NO/c1-12-10-18-14-7-5-6-13(15(12)14)16(11-17)8-3-2-4-9-16/h5-7,10H,2-4,8-9,11,17H2,1H3. The van der Waals surface area contributed by atoms with Crippen molar-refractivity contribution >= 4 is 11.0 Å². The molecule has 18 heavy (non-hydrogen) atoms. The molecular formula is C16H21NO. The average Bonchev–Trinajstić information content (AvgIpc) is 2.81. The summed E-state index contributed by atoms with van der Waals surface area (Å²) in [5.74, 6) is 0. The quantitative estimate of drug-likeness (QED) is 0.868. The zero-order valence-corrected chi connectivity index (χ0v) is 11.0. The molecule has 1 aromatic carbocycles. The monoisotopic (exact) mass is 243 g/mol. The van der Waals surface area contributed by atoms with E-state index in [1.165, 1.54) is 48.6 Å². The largest absolute Gasteiger partial charge is 0.464 e. The Kier molecular flexibility index (Phi) is 2.90. The highest BCUT2D eigenvalue weighted by molar-refractivity contribution is 5.85. The number of furan rings is 1. The Labute approximate surface area is 108 Å². The van der Waals surface area contributed by atoms with Crippen molar-refractivity contribution in [1.29, 1.82) is 0 Å². The molecule has 1 heterocycles. The number of benzene rings is 1. The summed E-state index contributed by atoms with van der Waals surface area (Å²) in [6, 6.07) is 6.41. The highest BCUT2D eigenvalue weighted by Gasteiger charge is 2.34. The van der Waals surface area contributed by atoms with Crippen molar-refractivity contribution in [3.8, 4) is 0 Å². The van der Waals surface area contributed by atoms with Gasteiger partial charge in [0.2, 0.25) is 0 Å². The predicted octanol–water partition coefficient (Wildman–Crippen LogP) is 3.90. The summed E-state index contributed by atoms with van der Waals surface area (Å²) in [7, 11) is 0. The van der Waals surface area contributed by atoms with Gasteiger partial charge in [-0.25, -0.2) is 0 Å². The van der Waals surface area contributed by atoms with Crippen molar-refractivity contribution in [2.45, 2.75) is 44.4 Å². The third-order valence-electron chi connectivity index (χ3n) is 4.56. The fraction of sp³-hybridized carbons (Fsp3) is 0.500. The van der Waals surface area contributed by atoms with E-state index in [0.717, 1.165) is 12.1 Å². The van der Waals surface area contributed by atoms with Crippen LogP contribution in [0.5, 0.6) is 0 Å². The zero-order valence-electron chi connectivity index (χ0n) is 11.0. The van der Waals surface area contributed by atoms with Gasteiger partial charge in [-0.1, -0.05) is 31.4 Å². The Bertz CT molecular complexity index is 549. The van der Waals surface area contributed by atoms with E-state index in [1.807, 2.05) is 6.26 Å². The summed E-state index contributed by atoms with van der Waals surface area (Å²) in [4.78, 5) is 0. The maximum absolute atomic E-state index is 6.15.